The predicted octanol–water partition coefficient (Wildman–Crippen LogP) is 4.81. The van der Waals surface area contributed by atoms with Gasteiger partial charge in [-0.05, 0) is 34.5 Å². The summed E-state index contributed by atoms with van der Waals surface area (Å²) in [7, 11) is -2.72. The number of alkyl halides is 3. The molecule has 0 aliphatic carbocycles. The van der Waals surface area contributed by atoms with Crippen LogP contribution in [-0.2, 0) is 15.9 Å². The molecule has 0 aliphatic rings. The van der Waals surface area contributed by atoms with Crippen LogP contribution < -0.4 is 0 Å². The van der Waals surface area contributed by atoms with Crippen LogP contribution in [-0.4, -0.2) is 20.4 Å². The van der Waals surface area contributed by atoms with E-state index in [1.807, 2.05) is 0 Å². The lowest BCUT2D eigenvalue weighted by atomic mass is 10.2. The lowest BCUT2D eigenvalue weighted by molar-refractivity contribution is -0.141. The Balaban J connectivity index is 2.32. The zero-order valence-corrected chi connectivity index (χ0v) is 14.7. The molecule has 0 N–H and O–H groups in total. The highest BCUT2D eigenvalue weighted by atomic mass is 79.9. The SMILES string of the molecule is CC(c1ccc(C(F)(F)F)nc1)S(C)(=O)=Nc1nc(Br)cs1. The van der Waals surface area contributed by atoms with E-state index in [2.05, 4.69) is 30.3 Å². The van der Waals surface area contributed by atoms with Crippen molar-refractivity contribution in [1.82, 2.24) is 9.97 Å². The number of nitrogens with zero attached hydrogens (tertiary/aromatic N) is 3. The van der Waals surface area contributed by atoms with Crippen LogP contribution in [0.4, 0.5) is 18.3 Å². The largest absolute Gasteiger partial charge is 0.433 e. The Bertz CT molecular complexity index is 780. The van der Waals surface area contributed by atoms with Crippen LogP contribution in [0.5, 0.6) is 0 Å². The maximum atomic E-state index is 12.7. The molecule has 0 bridgehead atoms. The molecule has 120 valence electrons. The molecular formula is C12H11BrF3N3OS2. The van der Waals surface area contributed by atoms with Gasteiger partial charge in [0.2, 0.25) is 5.13 Å². The van der Waals surface area contributed by atoms with Crippen molar-refractivity contribution in [3.63, 3.8) is 0 Å². The third-order valence-corrected chi connectivity index (χ3v) is 6.60. The molecule has 0 saturated heterocycles. The van der Waals surface area contributed by atoms with E-state index in [-0.39, 0.29) is 0 Å². The van der Waals surface area contributed by atoms with Gasteiger partial charge in [0, 0.05) is 17.8 Å². The molecule has 0 spiro atoms. The number of thiazole rings is 1. The monoisotopic (exact) mass is 413 g/mol. The Labute approximate surface area is 138 Å². The summed E-state index contributed by atoms with van der Waals surface area (Å²) in [4.78, 5) is 7.43. The normalized spacial score (nSPS) is 16.1. The van der Waals surface area contributed by atoms with Crippen molar-refractivity contribution >= 4 is 42.1 Å². The Morgan fingerprint density at radius 2 is 2.09 bits per heavy atom. The van der Waals surface area contributed by atoms with E-state index >= 15 is 0 Å². The summed E-state index contributed by atoms with van der Waals surface area (Å²) in [5.74, 6) is 0. The van der Waals surface area contributed by atoms with Gasteiger partial charge in [0.05, 0.1) is 15.0 Å². The van der Waals surface area contributed by atoms with E-state index in [1.165, 1.54) is 23.7 Å². The first kappa shape index (κ1) is 17.4. The molecule has 0 aromatic carbocycles. The fourth-order valence-electron chi connectivity index (χ4n) is 1.59. The molecule has 2 rings (SSSR count). The molecule has 0 radical (unpaired) electrons. The quantitative estimate of drug-likeness (QED) is 0.725. The van der Waals surface area contributed by atoms with Crippen LogP contribution in [0.3, 0.4) is 0 Å². The number of pyridine rings is 1. The Morgan fingerprint density at radius 3 is 2.55 bits per heavy atom. The van der Waals surface area contributed by atoms with Crippen LogP contribution in [0.15, 0.2) is 32.7 Å². The second-order valence-electron chi connectivity index (χ2n) is 4.52. The van der Waals surface area contributed by atoms with E-state index in [0.717, 1.165) is 12.3 Å². The number of halogens is 4. The van der Waals surface area contributed by atoms with Gasteiger partial charge in [-0.2, -0.15) is 17.5 Å². The fraction of sp³-hybridized carbons (Fsp3) is 0.333. The number of rotatable bonds is 3. The highest BCUT2D eigenvalue weighted by Gasteiger charge is 2.32. The third kappa shape index (κ3) is 4.05. The van der Waals surface area contributed by atoms with Crippen molar-refractivity contribution in [2.75, 3.05) is 6.26 Å². The average Bonchev–Trinajstić information content (AvgIpc) is 2.81. The first-order valence-electron chi connectivity index (χ1n) is 5.95. The molecule has 22 heavy (non-hydrogen) atoms. The molecule has 2 unspecified atom stereocenters. The fourth-order valence-corrected chi connectivity index (χ4v) is 4.33. The molecule has 2 atom stereocenters. The van der Waals surface area contributed by atoms with Crippen LogP contribution in [0.1, 0.15) is 23.4 Å². The smallest absolute Gasteiger partial charge is 0.251 e. The van der Waals surface area contributed by atoms with E-state index in [1.54, 1.807) is 12.3 Å². The molecular weight excluding hydrogens is 403 g/mol. The number of hydrogen-bond acceptors (Lipinski definition) is 5. The van der Waals surface area contributed by atoms with E-state index in [0.29, 0.717) is 15.3 Å². The van der Waals surface area contributed by atoms with Crippen molar-refractivity contribution in [3.05, 3.63) is 39.6 Å². The van der Waals surface area contributed by atoms with Crippen LogP contribution in [0.25, 0.3) is 0 Å². The minimum Gasteiger partial charge on any atom is -0.251 e. The summed E-state index contributed by atoms with van der Waals surface area (Å²) in [6.45, 7) is 1.64. The molecule has 2 heterocycles. The summed E-state index contributed by atoms with van der Waals surface area (Å²) < 4.78 is 54.9. The maximum absolute atomic E-state index is 12.7. The van der Waals surface area contributed by atoms with Gasteiger partial charge in [0.15, 0.2) is 0 Å². The highest BCUT2D eigenvalue weighted by Crippen LogP contribution is 2.31. The standard InChI is InChI=1S/C12H11BrF3N3OS2/c1-7(8-3-4-9(17-5-8)12(14,15)16)22(2,20)19-11-18-10(13)6-21-11/h3-7H,1-2H3. The molecule has 0 saturated carbocycles. The van der Waals surface area contributed by atoms with Crippen LogP contribution >= 0.6 is 27.3 Å². The van der Waals surface area contributed by atoms with Crippen molar-refractivity contribution < 1.29 is 17.4 Å². The molecule has 4 nitrogen and oxygen atoms in total. The molecule has 10 heteroatoms. The van der Waals surface area contributed by atoms with Gasteiger partial charge in [0.1, 0.15) is 10.3 Å². The number of aromatic nitrogens is 2. The maximum Gasteiger partial charge on any atom is 0.433 e. The zero-order valence-electron chi connectivity index (χ0n) is 11.5. The third-order valence-electron chi connectivity index (χ3n) is 2.93. The van der Waals surface area contributed by atoms with Gasteiger partial charge < -0.3 is 0 Å². The van der Waals surface area contributed by atoms with Gasteiger partial charge in [-0.3, -0.25) is 4.98 Å². The van der Waals surface area contributed by atoms with Crippen LogP contribution in [0.2, 0.25) is 0 Å². The topological polar surface area (TPSA) is 55.2 Å². The van der Waals surface area contributed by atoms with Crippen molar-refractivity contribution in [2.24, 2.45) is 4.36 Å². The summed E-state index contributed by atoms with van der Waals surface area (Å²) in [5.41, 5.74) is -0.549. The van der Waals surface area contributed by atoms with Crippen LogP contribution in [0, 0.1) is 0 Å². The summed E-state index contributed by atoms with van der Waals surface area (Å²) in [6, 6.07) is 2.15. The summed E-state index contributed by atoms with van der Waals surface area (Å²) in [5, 5.41) is 1.48. The average molecular weight is 414 g/mol. The van der Waals surface area contributed by atoms with Gasteiger partial charge >= 0.3 is 6.18 Å². The van der Waals surface area contributed by atoms with Gasteiger partial charge in [-0.25, -0.2) is 9.19 Å². The predicted molar refractivity (Wildman–Crippen MR) is 83.6 cm³/mol. The Morgan fingerprint density at radius 1 is 1.41 bits per heavy atom. The highest BCUT2D eigenvalue weighted by molar-refractivity contribution is 9.10. The van der Waals surface area contributed by atoms with Crippen molar-refractivity contribution in [1.29, 1.82) is 0 Å². The molecule has 2 aromatic rings. The van der Waals surface area contributed by atoms with Crippen molar-refractivity contribution in [3.8, 4) is 0 Å². The molecule has 2 aromatic heterocycles. The molecule has 0 fully saturated rings. The second-order valence-corrected chi connectivity index (χ2v) is 8.78. The Kier molecular flexibility index (Phi) is 4.93. The molecule has 0 amide bonds. The number of hydrogen-bond donors (Lipinski definition) is 0. The lowest BCUT2D eigenvalue weighted by Gasteiger charge is -2.14. The zero-order chi connectivity index (χ0) is 16.5. The first-order valence-corrected chi connectivity index (χ1v) is 9.60. The minimum atomic E-state index is -4.49. The van der Waals surface area contributed by atoms with Crippen molar-refractivity contribution in [2.45, 2.75) is 18.3 Å². The second kappa shape index (κ2) is 6.25. The van der Waals surface area contributed by atoms with Gasteiger partial charge in [0.25, 0.3) is 0 Å². The first-order chi connectivity index (χ1) is 10.1. The summed E-state index contributed by atoms with van der Waals surface area (Å²) >= 11 is 4.40. The Hall–Kier alpha value is -1.00. The van der Waals surface area contributed by atoms with E-state index in [4.69, 9.17) is 0 Å². The lowest BCUT2D eigenvalue weighted by Crippen LogP contribution is -2.11. The summed E-state index contributed by atoms with van der Waals surface area (Å²) in [6.07, 6.45) is -1.96. The van der Waals surface area contributed by atoms with Gasteiger partial charge in [-0.1, -0.05) is 6.07 Å². The van der Waals surface area contributed by atoms with E-state index < -0.39 is 26.8 Å². The minimum absolute atomic E-state index is 0.353. The molecule has 0 aliphatic heterocycles. The van der Waals surface area contributed by atoms with Gasteiger partial charge in [-0.15, -0.1) is 11.3 Å². The van der Waals surface area contributed by atoms with E-state index in [9.17, 15) is 17.4 Å².